The highest BCUT2D eigenvalue weighted by molar-refractivity contribution is 6.67. The molecule has 1 aliphatic rings. The highest BCUT2D eigenvalue weighted by Gasteiger charge is 2.08. The Morgan fingerprint density at radius 2 is 1.87 bits per heavy atom. The highest BCUT2D eigenvalue weighted by Crippen LogP contribution is 2.18. The third-order valence-corrected chi connectivity index (χ3v) is 2.16. The number of carbonyl (C=O) groups is 2. The van der Waals surface area contributed by atoms with Crippen LogP contribution < -0.4 is 0 Å². The first-order valence-corrected chi connectivity index (χ1v) is 4.99. The minimum atomic E-state index is -0.549. The van der Waals surface area contributed by atoms with Crippen LogP contribution in [0.25, 0.3) is 0 Å². The van der Waals surface area contributed by atoms with E-state index in [-0.39, 0.29) is 0 Å². The van der Waals surface area contributed by atoms with Crippen molar-refractivity contribution in [1.29, 1.82) is 0 Å². The Morgan fingerprint density at radius 1 is 1.20 bits per heavy atom. The Balaban J connectivity index is 2.82. The third-order valence-electron chi connectivity index (χ3n) is 1.79. The molecule has 78 valence electrons. The summed E-state index contributed by atoms with van der Waals surface area (Å²) in [5, 5.41) is -1.04. The van der Waals surface area contributed by atoms with Gasteiger partial charge in [0, 0.05) is 12.0 Å². The molecule has 15 heavy (non-hydrogen) atoms. The van der Waals surface area contributed by atoms with Crippen molar-refractivity contribution in [3.05, 3.63) is 47.6 Å². The summed E-state index contributed by atoms with van der Waals surface area (Å²) in [5.41, 5.74) is 1.29. The first-order chi connectivity index (χ1) is 7.09. The van der Waals surface area contributed by atoms with E-state index in [1.54, 1.807) is 30.4 Å². The van der Waals surface area contributed by atoms with Gasteiger partial charge in [-0.25, -0.2) is 0 Å². The van der Waals surface area contributed by atoms with Crippen molar-refractivity contribution in [2.75, 3.05) is 0 Å². The van der Waals surface area contributed by atoms with Crippen molar-refractivity contribution in [3.63, 3.8) is 0 Å². The summed E-state index contributed by atoms with van der Waals surface area (Å²) >= 11 is 10.5. The molecule has 0 radical (unpaired) electrons. The van der Waals surface area contributed by atoms with Crippen LogP contribution in [0.3, 0.4) is 0 Å². The van der Waals surface area contributed by atoms with E-state index in [2.05, 4.69) is 0 Å². The van der Waals surface area contributed by atoms with Crippen molar-refractivity contribution >= 4 is 33.7 Å². The molecule has 0 spiro atoms. The van der Waals surface area contributed by atoms with Gasteiger partial charge in [0.15, 0.2) is 0 Å². The molecule has 0 aromatic carbocycles. The van der Waals surface area contributed by atoms with Crippen LogP contribution in [0, 0.1) is 0 Å². The summed E-state index contributed by atoms with van der Waals surface area (Å²) < 4.78 is 0. The zero-order chi connectivity index (χ0) is 11.3. The maximum Gasteiger partial charge on any atom is 0.248 e. The van der Waals surface area contributed by atoms with Gasteiger partial charge in [-0.2, -0.15) is 0 Å². The van der Waals surface area contributed by atoms with Crippen molar-refractivity contribution in [3.8, 4) is 0 Å². The minimum absolute atomic E-state index is 0.399. The van der Waals surface area contributed by atoms with Gasteiger partial charge in [0.25, 0.3) is 0 Å². The van der Waals surface area contributed by atoms with E-state index in [1.807, 2.05) is 0 Å². The summed E-state index contributed by atoms with van der Waals surface area (Å²) in [7, 11) is 0. The SMILES string of the molecule is O=C(Cl)/C=C/C1=CC=CC=C(C(=O)Cl)C1. The molecule has 0 heterocycles. The third kappa shape index (κ3) is 4.28. The van der Waals surface area contributed by atoms with E-state index in [4.69, 9.17) is 23.2 Å². The number of carbonyl (C=O) groups excluding carboxylic acids is 2. The van der Waals surface area contributed by atoms with E-state index in [0.717, 1.165) is 5.57 Å². The normalized spacial score (nSPS) is 15.9. The summed E-state index contributed by atoms with van der Waals surface area (Å²) in [6.07, 6.45) is 10.1. The first kappa shape index (κ1) is 12.0. The van der Waals surface area contributed by atoms with Gasteiger partial charge >= 0.3 is 0 Å². The predicted octanol–water partition coefficient (Wildman–Crippen LogP) is 2.89. The Bertz CT molecular complexity index is 401. The number of hydrogen-bond donors (Lipinski definition) is 0. The molecule has 0 amide bonds. The predicted molar refractivity (Wildman–Crippen MR) is 60.8 cm³/mol. The molecule has 2 nitrogen and oxygen atoms in total. The highest BCUT2D eigenvalue weighted by atomic mass is 35.5. The molecule has 4 heteroatoms. The molecule has 1 rings (SSSR count). The quantitative estimate of drug-likeness (QED) is 0.564. The van der Waals surface area contributed by atoms with Crippen molar-refractivity contribution in [1.82, 2.24) is 0 Å². The lowest BCUT2D eigenvalue weighted by Gasteiger charge is -2.00. The standard InChI is InChI=1S/C11H8Cl2O2/c12-10(14)6-5-8-3-1-2-4-9(7-8)11(13)15/h1-6H,7H2/b6-5+. The van der Waals surface area contributed by atoms with E-state index in [1.165, 1.54) is 6.08 Å². The van der Waals surface area contributed by atoms with Gasteiger partial charge < -0.3 is 0 Å². The van der Waals surface area contributed by atoms with Crippen LogP contribution in [0.4, 0.5) is 0 Å². The lowest BCUT2D eigenvalue weighted by atomic mass is 10.1. The molecule has 0 saturated carbocycles. The van der Waals surface area contributed by atoms with Gasteiger partial charge in [0.2, 0.25) is 10.5 Å². The fourth-order valence-electron chi connectivity index (χ4n) is 1.11. The van der Waals surface area contributed by atoms with Crippen molar-refractivity contribution < 1.29 is 9.59 Å². The molecule has 0 bridgehead atoms. The molecule has 0 saturated heterocycles. The van der Waals surface area contributed by atoms with Crippen LogP contribution in [0.1, 0.15) is 6.42 Å². The molecule has 0 atom stereocenters. The Morgan fingerprint density at radius 3 is 2.47 bits per heavy atom. The van der Waals surface area contributed by atoms with Crippen LogP contribution in [0.15, 0.2) is 47.6 Å². The average molecular weight is 243 g/mol. The largest absolute Gasteiger partial charge is 0.276 e. The summed E-state index contributed by atoms with van der Waals surface area (Å²) in [6, 6.07) is 0. The number of rotatable bonds is 3. The zero-order valence-corrected chi connectivity index (χ0v) is 9.26. The fraction of sp³-hybridized carbons (Fsp3) is 0.0909. The number of halogens is 2. The van der Waals surface area contributed by atoms with Crippen LogP contribution in [0.5, 0.6) is 0 Å². The second-order valence-electron chi connectivity index (χ2n) is 2.91. The van der Waals surface area contributed by atoms with Gasteiger partial charge in [-0.05, 0) is 34.9 Å². The lowest BCUT2D eigenvalue weighted by molar-refractivity contribution is -0.109. The number of hydrogen-bond acceptors (Lipinski definition) is 2. The van der Waals surface area contributed by atoms with Crippen LogP contribution in [-0.4, -0.2) is 10.5 Å². The fourth-order valence-corrected chi connectivity index (χ4v) is 1.30. The molecule has 0 aromatic heterocycles. The maximum atomic E-state index is 11.0. The second kappa shape index (κ2) is 5.69. The van der Waals surface area contributed by atoms with Crippen LogP contribution >= 0.6 is 23.2 Å². The van der Waals surface area contributed by atoms with Gasteiger partial charge in [-0.3, -0.25) is 9.59 Å². The van der Waals surface area contributed by atoms with Gasteiger partial charge in [0.1, 0.15) is 0 Å². The molecular formula is C11H8Cl2O2. The summed E-state index contributed by atoms with van der Waals surface area (Å²) in [6.45, 7) is 0. The van der Waals surface area contributed by atoms with E-state index in [9.17, 15) is 9.59 Å². The van der Waals surface area contributed by atoms with Gasteiger partial charge in [0.05, 0.1) is 0 Å². The number of allylic oxidation sites excluding steroid dienone is 8. The minimum Gasteiger partial charge on any atom is -0.276 e. The van der Waals surface area contributed by atoms with Crippen molar-refractivity contribution in [2.24, 2.45) is 0 Å². The van der Waals surface area contributed by atoms with Gasteiger partial charge in [-0.1, -0.05) is 30.4 Å². The Kier molecular flexibility index (Phi) is 4.53. The molecule has 0 aliphatic heterocycles. The van der Waals surface area contributed by atoms with E-state index < -0.39 is 10.5 Å². The van der Waals surface area contributed by atoms with Crippen LogP contribution in [-0.2, 0) is 9.59 Å². The molecular weight excluding hydrogens is 235 g/mol. The maximum absolute atomic E-state index is 11.0. The molecule has 1 aliphatic carbocycles. The monoisotopic (exact) mass is 242 g/mol. The first-order valence-electron chi connectivity index (χ1n) is 4.23. The summed E-state index contributed by atoms with van der Waals surface area (Å²) in [5.74, 6) is 0. The zero-order valence-electron chi connectivity index (χ0n) is 7.74. The Labute approximate surface area is 97.6 Å². The van der Waals surface area contributed by atoms with Crippen molar-refractivity contribution in [2.45, 2.75) is 6.42 Å². The Hall–Kier alpha value is -1.12. The molecule has 0 fully saturated rings. The second-order valence-corrected chi connectivity index (χ2v) is 3.62. The van der Waals surface area contributed by atoms with E-state index >= 15 is 0 Å². The lowest BCUT2D eigenvalue weighted by Crippen LogP contribution is -1.94. The molecule has 0 N–H and O–H groups in total. The summed E-state index contributed by atoms with van der Waals surface area (Å²) in [4.78, 5) is 21.5. The van der Waals surface area contributed by atoms with Crippen LogP contribution in [0.2, 0.25) is 0 Å². The smallest absolute Gasteiger partial charge is 0.248 e. The molecule has 0 aromatic rings. The average Bonchev–Trinajstić information content (AvgIpc) is 2.39. The topological polar surface area (TPSA) is 34.1 Å². The van der Waals surface area contributed by atoms with E-state index in [0.29, 0.717) is 12.0 Å². The molecule has 0 unspecified atom stereocenters. The van der Waals surface area contributed by atoms with Gasteiger partial charge in [-0.15, -0.1) is 0 Å².